The van der Waals surface area contributed by atoms with Crippen LogP contribution in [-0.2, 0) is 6.42 Å². The Balaban J connectivity index is 2.02. The highest BCUT2D eigenvalue weighted by atomic mass is 19.1. The van der Waals surface area contributed by atoms with E-state index in [-0.39, 0.29) is 11.9 Å². The molecule has 0 radical (unpaired) electrons. The summed E-state index contributed by atoms with van der Waals surface area (Å²) in [6.45, 7) is 4.13. The molecule has 0 aliphatic carbocycles. The molecule has 0 saturated heterocycles. The molecule has 0 aromatic heterocycles. The van der Waals surface area contributed by atoms with Gasteiger partial charge in [0.05, 0.1) is 11.4 Å². The molecule has 0 saturated carbocycles. The van der Waals surface area contributed by atoms with E-state index in [9.17, 15) is 4.39 Å². The molecule has 0 aliphatic heterocycles. The van der Waals surface area contributed by atoms with Crippen molar-refractivity contribution in [1.29, 1.82) is 0 Å². The molecule has 0 spiro atoms. The van der Waals surface area contributed by atoms with Crippen LogP contribution in [0.2, 0.25) is 0 Å². The number of anilines is 2. The Bertz CT molecular complexity index is 549. The fourth-order valence-electron chi connectivity index (χ4n) is 2.09. The molecule has 1 unspecified atom stereocenters. The second-order valence-corrected chi connectivity index (χ2v) is 4.97. The Kier molecular flexibility index (Phi) is 4.05. The molecule has 2 rings (SSSR count). The fraction of sp³-hybridized carbons (Fsp3) is 0.250. The second kappa shape index (κ2) is 5.74. The van der Waals surface area contributed by atoms with Crippen molar-refractivity contribution < 1.29 is 4.39 Å². The van der Waals surface area contributed by atoms with Crippen LogP contribution in [0.5, 0.6) is 0 Å². The van der Waals surface area contributed by atoms with Crippen LogP contribution in [0.15, 0.2) is 42.5 Å². The topological polar surface area (TPSA) is 38.0 Å². The van der Waals surface area contributed by atoms with Crippen molar-refractivity contribution in [3.63, 3.8) is 0 Å². The van der Waals surface area contributed by atoms with Crippen LogP contribution in [0.4, 0.5) is 15.8 Å². The van der Waals surface area contributed by atoms with E-state index in [0.29, 0.717) is 0 Å². The molecule has 100 valence electrons. The van der Waals surface area contributed by atoms with Crippen molar-refractivity contribution in [3.8, 4) is 0 Å². The molecule has 0 fully saturated rings. The maximum Gasteiger partial charge on any atom is 0.123 e. The van der Waals surface area contributed by atoms with Crippen LogP contribution < -0.4 is 11.1 Å². The van der Waals surface area contributed by atoms with Gasteiger partial charge in [-0.1, -0.05) is 18.2 Å². The van der Waals surface area contributed by atoms with Gasteiger partial charge in [0.2, 0.25) is 0 Å². The zero-order valence-corrected chi connectivity index (χ0v) is 11.3. The standard InChI is InChI=1S/C16H19FN2/c1-11-3-8-15(18)16(9-11)19-12(2)10-13-4-6-14(17)7-5-13/h3-9,12,19H,10,18H2,1-2H3. The molecule has 2 aromatic carbocycles. The minimum atomic E-state index is -0.202. The van der Waals surface area contributed by atoms with Crippen LogP contribution >= 0.6 is 0 Å². The molecule has 0 bridgehead atoms. The Labute approximate surface area is 113 Å². The van der Waals surface area contributed by atoms with Gasteiger partial charge in [-0.15, -0.1) is 0 Å². The number of aryl methyl sites for hydroxylation is 1. The largest absolute Gasteiger partial charge is 0.397 e. The van der Waals surface area contributed by atoms with Gasteiger partial charge in [0.1, 0.15) is 5.82 Å². The summed E-state index contributed by atoms with van der Waals surface area (Å²) in [5, 5.41) is 3.40. The van der Waals surface area contributed by atoms with E-state index in [4.69, 9.17) is 5.73 Å². The van der Waals surface area contributed by atoms with Crippen molar-refractivity contribution in [2.45, 2.75) is 26.3 Å². The van der Waals surface area contributed by atoms with Gasteiger partial charge >= 0.3 is 0 Å². The quantitative estimate of drug-likeness (QED) is 0.819. The molecular weight excluding hydrogens is 239 g/mol. The lowest BCUT2D eigenvalue weighted by Crippen LogP contribution is -2.19. The number of rotatable bonds is 4. The molecule has 3 heteroatoms. The minimum absolute atomic E-state index is 0.202. The average molecular weight is 258 g/mol. The molecule has 19 heavy (non-hydrogen) atoms. The van der Waals surface area contributed by atoms with Crippen molar-refractivity contribution in [1.82, 2.24) is 0 Å². The van der Waals surface area contributed by atoms with E-state index < -0.39 is 0 Å². The summed E-state index contributed by atoms with van der Waals surface area (Å²) in [4.78, 5) is 0. The lowest BCUT2D eigenvalue weighted by atomic mass is 10.1. The van der Waals surface area contributed by atoms with E-state index in [0.717, 1.165) is 23.4 Å². The highest BCUT2D eigenvalue weighted by Gasteiger charge is 2.06. The van der Waals surface area contributed by atoms with Crippen LogP contribution in [0.3, 0.4) is 0 Å². The normalized spacial score (nSPS) is 12.2. The summed E-state index contributed by atoms with van der Waals surface area (Å²) in [6, 6.07) is 12.8. The monoisotopic (exact) mass is 258 g/mol. The van der Waals surface area contributed by atoms with Crippen molar-refractivity contribution in [2.75, 3.05) is 11.1 Å². The number of hydrogen-bond acceptors (Lipinski definition) is 2. The molecule has 1 atom stereocenters. The van der Waals surface area contributed by atoms with Gasteiger partial charge in [-0.3, -0.25) is 0 Å². The Morgan fingerprint density at radius 2 is 1.84 bits per heavy atom. The maximum atomic E-state index is 12.8. The summed E-state index contributed by atoms with van der Waals surface area (Å²) in [6.07, 6.45) is 0.827. The second-order valence-electron chi connectivity index (χ2n) is 4.97. The lowest BCUT2D eigenvalue weighted by molar-refractivity contribution is 0.626. The van der Waals surface area contributed by atoms with E-state index in [2.05, 4.69) is 12.2 Å². The summed E-state index contributed by atoms with van der Waals surface area (Å²) >= 11 is 0. The van der Waals surface area contributed by atoms with Crippen molar-refractivity contribution in [3.05, 3.63) is 59.4 Å². The van der Waals surface area contributed by atoms with Gasteiger partial charge in [-0.25, -0.2) is 4.39 Å². The predicted molar refractivity (Wildman–Crippen MR) is 78.8 cm³/mol. The van der Waals surface area contributed by atoms with Crippen LogP contribution in [0, 0.1) is 12.7 Å². The summed E-state index contributed by atoms with van der Waals surface area (Å²) < 4.78 is 12.8. The Morgan fingerprint density at radius 3 is 2.53 bits per heavy atom. The van der Waals surface area contributed by atoms with Gasteiger partial charge in [-0.2, -0.15) is 0 Å². The molecule has 2 nitrogen and oxygen atoms in total. The number of nitrogen functional groups attached to an aromatic ring is 1. The van der Waals surface area contributed by atoms with Crippen molar-refractivity contribution in [2.24, 2.45) is 0 Å². The summed E-state index contributed by atoms with van der Waals surface area (Å²) in [5.74, 6) is -0.202. The summed E-state index contributed by atoms with van der Waals surface area (Å²) in [5.41, 5.74) is 9.92. The minimum Gasteiger partial charge on any atom is -0.397 e. The third-order valence-electron chi connectivity index (χ3n) is 3.07. The number of nitrogens with two attached hydrogens (primary N) is 1. The average Bonchev–Trinajstić information content (AvgIpc) is 2.37. The number of halogens is 1. The zero-order chi connectivity index (χ0) is 13.8. The fourth-order valence-corrected chi connectivity index (χ4v) is 2.09. The molecule has 0 heterocycles. The third kappa shape index (κ3) is 3.71. The zero-order valence-electron chi connectivity index (χ0n) is 11.3. The third-order valence-corrected chi connectivity index (χ3v) is 3.07. The first-order valence-corrected chi connectivity index (χ1v) is 6.41. The van der Waals surface area contributed by atoms with Crippen LogP contribution in [0.1, 0.15) is 18.1 Å². The smallest absolute Gasteiger partial charge is 0.123 e. The van der Waals surface area contributed by atoms with Crippen LogP contribution in [-0.4, -0.2) is 6.04 Å². The highest BCUT2D eigenvalue weighted by Crippen LogP contribution is 2.21. The molecule has 0 amide bonds. The van der Waals surface area contributed by atoms with Gasteiger partial charge in [0, 0.05) is 6.04 Å². The van der Waals surface area contributed by atoms with Gasteiger partial charge in [-0.05, 0) is 55.7 Å². The van der Waals surface area contributed by atoms with E-state index in [1.165, 1.54) is 17.7 Å². The Hall–Kier alpha value is -2.03. The van der Waals surface area contributed by atoms with E-state index in [1.807, 2.05) is 37.3 Å². The Morgan fingerprint density at radius 1 is 1.16 bits per heavy atom. The maximum absolute atomic E-state index is 12.8. The lowest BCUT2D eigenvalue weighted by Gasteiger charge is -2.17. The first-order chi connectivity index (χ1) is 9.04. The first-order valence-electron chi connectivity index (χ1n) is 6.41. The SMILES string of the molecule is Cc1ccc(N)c(NC(C)Cc2ccc(F)cc2)c1. The number of nitrogens with one attached hydrogen (secondary N) is 1. The van der Waals surface area contributed by atoms with E-state index >= 15 is 0 Å². The van der Waals surface area contributed by atoms with Crippen molar-refractivity contribution >= 4 is 11.4 Å². The van der Waals surface area contributed by atoms with Crippen LogP contribution in [0.25, 0.3) is 0 Å². The number of benzene rings is 2. The molecule has 2 aromatic rings. The van der Waals surface area contributed by atoms with Gasteiger partial charge < -0.3 is 11.1 Å². The van der Waals surface area contributed by atoms with Gasteiger partial charge in [0.25, 0.3) is 0 Å². The summed E-state index contributed by atoms with van der Waals surface area (Å²) in [7, 11) is 0. The highest BCUT2D eigenvalue weighted by molar-refractivity contribution is 5.67. The first kappa shape index (κ1) is 13.4. The number of hydrogen-bond donors (Lipinski definition) is 2. The predicted octanol–water partition coefficient (Wildman–Crippen LogP) is 3.76. The van der Waals surface area contributed by atoms with Gasteiger partial charge in [0.15, 0.2) is 0 Å². The molecular formula is C16H19FN2. The van der Waals surface area contributed by atoms with E-state index in [1.54, 1.807) is 0 Å². The molecule has 3 N–H and O–H groups in total. The molecule has 0 aliphatic rings.